The summed E-state index contributed by atoms with van der Waals surface area (Å²) < 4.78 is 0. The average Bonchev–Trinajstić information content (AvgIpc) is 2.87. The number of rotatable bonds is 5. The molecule has 150 valence electrons. The molecule has 10 heteroatoms. The Balaban J connectivity index is 0.00000208. The summed E-state index contributed by atoms with van der Waals surface area (Å²) in [7, 11) is 0. The van der Waals surface area contributed by atoms with Gasteiger partial charge < -0.3 is 20.9 Å². The van der Waals surface area contributed by atoms with Crippen molar-refractivity contribution in [2.24, 2.45) is 5.73 Å². The van der Waals surface area contributed by atoms with Gasteiger partial charge in [0, 0.05) is 37.5 Å². The second-order valence-corrected chi connectivity index (χ2v) is 8.18. The maximum Gasteiger partial charge on any atom is 0.166 e. The zero-order valence-corrected chi connectivity index (χ0v) is 18.9. The molecule has 1 aliphatic rings. The van der Waals surface area contributed by atoms with Gasteiger partial charge in [-0.1, -0.05) is 23.4 Å². The van der Waals surface area contributed by atoms with E-state index in [9.17, 15) is 0 Å². The second-order valence-electron chi connectivity index (χ2n) is 6.69. The second kappa shape index (κ2) is 11.1. The third-order valence-electron chi connectivity index (χ3n) is 3.97. The minimum absolute atomic E-state index is 0. The Bertz CT molecular complexity index is 683. The molecule has 0 bridgehead atoms. The first-order valence-corrected chi connectivity index (χ1v) is 9.35. The van der Waals surface area contributed by atoms with Gasteiger partial charge in [-0.2, -0.15) is 0 Å². The Labute approximate surface area is 182 Å². The highest BCUT2D eigenvalue weighted by molar-refractivity contribution is 7.99. The van der Waals surface area contributed by atoms with Crippen LogP contribution in [0.5, 0.6) is 0 Å². The fourth-order valence-electron chi connectivity index (χ4n) is 2.62. The van der Waals surface area contributed by atoms with Crippen molar-refractivity contribution in [1.29, 1.82) is 0 Å². The standard InChI is InChI=1S/C16H24ClN5S.3ClH/c1-16(2,18)3-8-23-15-20-12-9-11(17)14(10-13(12)21-15)22-6-4-19-5-7-22;;;/h9-10,19H,3-8,18H2,1-2H3,(H,20,21);3*1H. The first-order valence-electron chi connectivity index (χ1n) is 7.99. The number of halogens is 4. The minimum Gasteiger partial charge on any atom is -0.368 e. The Morgan fingerprint density at radius 3 is 2.50 bits per heavy atom. The molecule has 0 amide bonds. The maximum atomic E-state index is 6.48. The van der Waals surface area contributed by atoms with Gasteiger partial charge in [0.1, 0.15) is 0 Å². The van der Waals surface area contributed by atoms with E-state index >= 15 is 0 Å². The third-order valence-corrected chi connectivity index (χ3v) is 5.15. The number of hydrogen-bond acceptors (Lipinski definition) is 5. The van der Waals surface area contributed by atoms with E-state index in [1.165, 1.54) is 0 Å². The van der Waals surface area contributed by atoms with Gasteiger partial charge in [0.15, 0.2) is 5.16 Å². The summed E-state index contributed by atoms with van der Waals surface area (Å²) in [5, 5.41) is 5.07. The van der Waals surface area contributed by atoms with Gasteiger partial charge in [-0.3, -0.25) is 0 Å². The molecular formula is C16H27Cl4N5S. The number of nitrogens with zero attached hydrogens (tertiary/aromatic N) is 2. The van der Waals surface area contributed by atoms with Gasteiger partial charge in [-0.15, -0.1) is 37.2 Å². The number of fused-ring (bicyclic) bond motifs is 1. The van der Waals surface area contributed by atoms with Gasteiger partial charge in [0.25, 0.3) is 0 Å². The van der Waals surface area contributed by atoms with E-state index in [-0.39, 0.29) is 42.8 Å². The SMILES string of the molecule is CC(C)(N)CCSc1nc2cc(N3CCNCC3)c(Cl)cc2[nH]1.Cl.Cl.Cl. The summed E-state index contributed by atoms with van der Waals surface area (Å²) >= 11 is 8.18. The van der Waals surface area contributed by atoms with Crippen LogP contribution in [0.1, 0.15) is 20.3 Å². The van der Waals surface area contributed by atoms with Crippen LogP contribution < -0.4 is 16.0 Å². The number of aromatic amines is 1. The number of H-pyrrole nitrogens is 1. The van der Waals surface area contributed by atoms with Crippen LogP contribution in [-0.4, -0.2) is 47.4 Å². The predicted octanol–water partition coefficient (Wildman–Crippen LogP) is 4.11. The molecule has 0 aliphatic carbocycles. The minimum atomic E-state index is -0.141. The fourth-order valence-corrected chi connectivity index (χ4v) is 4.07. The smallest absolute Gasteiger partial charge is 0.166 e. The number of nitrogens with one attached hydrogen (secondary N) is 2. The molecule has 0 unspecified atom stereocenters. The number of anilines is 1. The van der Waals surface area contributed by atoms with Crippen molar-refractivity contribution in [3.8, 4) is 0 Å². The molecule has 4 N–H and O–H groups in total. The lowest BCUT2D eigenvalue weighted by atomic mass is 10.0. The highest BCUT2D eigenvalue weighted by atomic mass is 35.5. The number of benzene rings is 1. The third kappa shape index (κ3) is 6.82. The maximum absolute atomic E-state index is 6.48. The monoisotopic (exact) mass is 461 g/mol. The van der Waals surface area contributed by atoms with E-state index < -0.39 is 0 Å². The highest BCUT2D eigenvalue weighted by Gasteiger charge is 2.16. The lowest BCUT2D eigenvalue weighted by Crippen LogP contribution is -2.43. The van der Waals surface area contributed by atoms with Gasteiger partial charge in [0.2, 0.25) is 0 Å². The van der Waals surface area contributed by atoms with Crippen LogP contribution in [0.15, 0.2) is 17.3 Å². The van der Waals surface area contributed by atoms with Crippen molar-refractivity contribution in [3.05, 3.63) is 17.2 Å². The zero-order valence-electron chi connectivity index (χ0n) is 14.9. The van der Waals surface area contributed by atoms with Gasteiger partial charge >= 0.3 is 0 Å². The normalized spacial score (nSPS) is 14.4. The Morgan fingerprint density at radius 2 is 1.88 bits per heavy atom. The summed E-state index contributed by atoms with van der Waals surface area (Å²) in [6, 6.07) is 4.08. The van der Waals surface area contributed by atoms with Crippen molar-refractivity contribution in [1.82, 2.24) is 15.3 Å². The molecule has 0 radical (unpaired) electrons. The van der Waals surface area contributed by atoms with Crippen LogP contribution >= 0.6 is 60.6 Å². The Morgan fingerprint density at radius 1 is 1.23 bits per heavy atom. The summed E-state index contributed by atoms with van der Waals surface area (Å²) in [6.07, 6.45) is 0.946. The predicted molar refractivity (Wildman–Crippen MR) is 122 cm³/mol. The number of imidazole rings is 1. The Kier molecular flexibility index (Phi) is 11.0. The van der Waals surface area contributed by atoms with Crippen molar-refractivity contribution in [2.45, 2.75) is 31.0 Å². The van der Waals surface area contributed by atoms with Crippen LogP contribution in [0.3, 0.4) is 0 Å². The molecule has 1 aromatic carbocycles. The molecule has 0 atom stereocenters. The van der Waals surface area contributed by atoms with Crippen LogP contribution in [0.2, 0.25) is 5.02 Å². The molecule has 0 saturated carbocycles. The summed E-state index contributed by atoms with van der Waals surface area (Å²) in [6.45, 7) is 8.03. The van der Waals surface area contributed by atoms with Gasteiger partial charge in [0.05, 0.1) is 21.7 Å². The van der Waals surface area contributed by atoms with Gasteiger partial charge in [-0.05, 0) is 32.4 Å². The molecule has 26 heavy (non-hydrogen) atoms. The largest absolute Gasteiger partial charge is 0.368 e. The number of piperazine rings is 1. The first kappa shape index (κ1) is 25.9. The van der Waals surface area contributed by atoms with E-state index in [0.29, 0.717) is 0 Å². The van der Waals surface area contributed by atoms with Crippen molar-refractivity contribution in [2.75, 3.05) is 36.8 Å². The summed E-state index contributed by atoms with van der Waals surface area (Å²) in [5.41, 5.74) is 8.92. The number of hydrogen-bond donors (Lipinski definition) is 3. The molecule has 5 nitrogen and oxygen atoms in total. The Hall–Kier alpha value is -0.0800. The molecule has 2 aromatic rings. The van der Waals surface area contributed by atoms with Crippen LogP contribution in [0, 0.1) is 0 Å². The van der Waals surface area contributed by atoms with E-state index in [4.69, 9.17) is 22.3 Å². The molecule has 2 heterocycles. The summed E-state index contributed by atoms with van der Waals surface area (Å²) in [5.74, 6) is 0.946. The van der Waals surface area contributed by atoms with E-state index in [1.54, 1.807) is 11.8 Å². The van der Waals surface area contributed by atoms with Crippen molar-refractivity contribution < 1.29 is 0 Å². The molecule has 1 saturated heterocycles. The van der Waals surface area contributed by atoms with E-state index in [0.717, 1.165) is 65.3 Å². The van der Waals surface area contributed by atoms with Crippen molar-refractivity contribution >= 4 is 77.3 Å². The molecule has 1 fully saturated rings. The van der Waals surface area contributed by atoms with Gasteiger partial charge in [-0.25, -0.2) is 4.98 Å². The molecule has 0 spiro atoms. The highest BCUT2D eigenvalue weighted by Crippen LogP contribution is 2.32. The van der Waals surface area contributed by atoms with E-state index in [1.807, 2.05) is 19.9 Å². The first-order chi connectivity index (χ1) is 10.9. The fraction of sp³-hybridized carbons (Fsp3) is 0.562. The topological polar surface area (TPSA) is 70.0 Å². The van der Waals surface area contributed by atoms with Crippen molar-refractivity contribution in [3.63, 3.8) is 0 Å². The van der Waals surface area contributed by atoms with Crippen LogP contribution in [-0.2, 0) is 0 Å². The molecule has 3 rings (SSSR count). The van der Waals surface area contributed by atoms with E-state index in [2.05, 4.69) is 21.3 Å². The van der Waals surface area contributed by atoms with Crippen LogP contribution in [0.4, 0.5) is 5.69 Å². The zero-order chi connectivity index (χ0) is 16.4. The number of nitrogens with two attached hydrogens (primary N) is 1. The molecule has 1 aromatic heterocycles. The quantitative estimate of drug-likeness (QED) is 0.583. The number of aromatic nitrogens is 2. The molecule has 1 aliphatic heterocycles. The summed E-state index contributed by atoms with van der Waals surface area (Å²) in [4.78, 5) is 10.4. The lowest BCUT2D eigenvalue weighted by Gasteiger charge is -2.30. The molecular weight excluding hydrogens is 436 g/mol. The number of thioether (sulfide) groups is 1. The van der Waals surface area contributed by atoms with Crippen LogP contribution in [0.25, 0.3) is 11.0 Å². The average molecular weight is 463 g/mol. The lowest BCUT2D eigenvalue weighted by molar-refractivity contribution is 0.506.